The molecule has 32 heavy (non-hydrogen) atoms. The van der Waals surface area contributed by atoms with Crippen LogP contribution in [0.1, 0.15) is 29.9 Å². The van der Waals surface area contributed by atoms with E-state index in [0.717, 1.165) is 16.6 Å². The Morgan fingerprint density at radius 3 is 2.50 bits per heavy atom. The summed E-state index contributed by atoms with van der Waals surface area (Å²) in [5.74, 6) is -1.16. The Hall–Kier alpha value is -3.58. The Morgan fingerprint density at radius 2 is 1.75 bits per heavy atom. The van der Waals surface area contributed by atoms with Crippen molar-refractivity contribution in [1.29, 1.82) is 0 Å². The first kappa shape index (κ1) is 21.6. The summed E-state index contributed by atoms with van der Waals surface area (Å²) in [6.45, 7) is 3.83. The number of anilines is 1. The molecule has 0 saturated carbocycles. The second kappa shape index (κ2) is 8.88. The number of para-hydroxylation sites is 2. The van der Waals surface area contributed by atoms with Gasteiger partial charge < -0.3 is 15.0 Å². The van der Waals surface area contributed by atoms with Crippen molar-refractivity contribution >= 4 is 40.2 Å². The summed E-state index contributed by atoms with van der Waals surface area (Å²) in [6, 6.07) is 20.8. The molecule has 0 radical (unpaired) electrons. The van der Waals surface area contributed by atoms with Crippen LogP contribution < -0.4 is 5.32 Å². The zero-order chi connectivity index (χ0) is 22.7. The van der Waals surface area contributed by atoms with E-state index in [9.17, 15) is 14.7 Å². The maximum atomic E-state index is 13.3. The maximum absolute atomic E-state index is 13.3. The van der Waals surface area contributed by atoms with Crippen LogP contribution in [0.5, 0.6) is 0 Å². The predicted molar refractivity (Wildman–Crippen MR) is 127 cm³/mol. The number of carbonyl (C=O) groups is 2. The number of carboxylic acids is 1. The highest BCUT2D eigenvalue weighted by Crippen LogP contribution is 2.37. The largest absolute Gasteiger partial charge is 0.480 e. The standard InChI is InChI=1S/C25H23N3O3S/c1-25(2,24(30)31)32-22-13-6-4-11-20(22)27-23(29)19-16-28(15-17-9-7-8-14-26-17)21-12-5-3-10-18(19)21/h3-14,16H,15H2,1-2H3,(H,27,29)(H,30,31). The number of aromatic nitrogens is 2. The lowest BCUT2D eigenvalue weighted by Crippen LogP contribution is -2.27. The number of hydrogen-bond acceptors (Lipinski definition) is 4. The van der Waals surface area contributed by atoms with Gasteiger partial charge in [0.15, 0.2) is 0 Å². The van der Waals surface area contributed by atoms with Gasteiger partial charge in [0.05, 0.1) is 23.5 Å². The number of thioether (sulfide) groups is 1. The van der Waals surface area contributed by atoms with Gasteiger partial charge in [-0.2, -0.15) is 0 Å². The molecule has 0 aliphatic heterocycles. The highest BCUT2D eigenvalue weighted by molar-refractivity contribution is 8.01. The minimum absolute atomic E-state index is 0.248. The molecule has 4 rings (SSSR count). The van der Waals surface area contributed by atoms with Crippen LogP contribution in [-0.2, 0) is 11.3 Å². The van der Waals surface area contributed by atoms with Crippen LogP contribution in [-0.4, -0.2) is 31.3 Å². The van der Waals surface area contributed by atoms with Crippen molar-refractivity contribution in [2.75, 3.05) is 5.32 Å². The predicted octanol–water partition coefficient (Wildman–Crippen LogP) is 5.29. The number of carbonyl (C=O) groups excluding carboxylic acids is 1. The Kier molecular flexibility index (Phi) is 6.01. The smallest absolute Gasteiger partial charge is 0.319 e. The van der Waals surface area contributed by atoms with Gasteiger partial charge >= 0.3 is 5.97 Å². The fourth-order valence-corrected chi connectivity index (χ4v) is 4.40. The van der Waals surface area contributed by atoms with Crippen LogP contribution in [0.2, 0.25) is 0 Å². The number of hydrogen-bond donors (Lipinski definition) is 2. The average molecular weight is 446 g/mol. The van der Waals surface area contributed by atoms with Crippen LogP contribution >= 0.6 is 11.8 Å². The van der Waals surface area contributed by atoms with Crippen LogP contribution in [0, 0.1) is 0 Å². The van der Waals surface area contributed by atoms with Crippen molar-refractivity contribution in [3.63, 3.8) is 0 Å². The molecule has 2 aromatic heterocycles. The quantitative estimate of drug-likeness (QED) is 0.378. The first-order chi connectivity index (χ1) is 15.3. The number of fused-ring (bicyclic) bond motifs is 1. The van der Waals surface area contributed by atoms with Crippen LogP contribution in [0.15, 0.2) is 84.0 Å². The van der Waals surface area contributed by atoms with Crippen LogP contribution in [0.25, 0.3) is 10.9 Å². The lowest BCUT2D eigenvalue weighted by molar-refractivity contribution is -0.138. The summed E-state index contributed by atoms with van der Waals surface area (Å²) >= 11 is 1.20. The van der Waals surface area contributed by atoms with Gasteiger partial charge in [-0.25, -0.2) is 0 Å². The van der Waals surface area contributed by atoms with E-state index in [4.69, 9.17) is 0 Å². The number of nitrogens with zero attached hydrogens (tertiary/aromatic N) is 2. The molecule has 0 unspecified atom stereocenters. The summed E-state index contributed by atoms with van der Waals surface area (Å²) < 4.78 is 0.986. The summed E-state index contributed by atoms with van der Waals surface area (Å²) in [6.07, 6.45) is 3.59. The fourth-order valence-electron chi connectivity index (χ4n) is 3.39. The third-order valence-corrected chi connectivity index (χ3v) is 6.37. The molecule has 0 spiro atoms. The van der Waals surface area contributed by atoms with E-state index in [1.807, 2.05) is 71.4 Å². The Balaban J connectivity index is 1.65. The summed E-state index contributed by atoms with van der Waals surface area (Å²) in [7, 11) is 0. The van der Waals surface area contributed by atoms with Crippen molar-refractivity contribution in [2.24, 2.45) is 0 Å². The molecule has 0 aliphatic rings. The highest BCUT2D eigenvalue weighted by Gasteiger charge is 2.29. The van der Waals surface area contributed by atoms with Gasteiger partial charge in [-0.15, -0.1) is 11.8 Å². The van der Waals surface area contributed by atoms with Crippen molar-refractivity contribution in [2.45, 2.75) is 30.0 Å². The zero-order valence-electron chi connectivity index (χ0n) is 17.8. The van der Waals surface area contributed by atoms with Gasteiger partial charge in [-0.3, -0.25) is 14.6 Å². The van der Waals surface area contributed by atoms with Gasteiger partial charge in [-0.1, -0.05) is 36.4 Å². The molecule has 2 N–H and O–H groups in total. The van der Waals surface area contributed by atoms with Crippen molar-refractivity contribution in [3.8, 4) is 0 Å². The molecular formula is C25H23N3O3S. The van der Waals surface area contributed by atoms with Gasteiger partial charge in [0.25, 0.3) is 5.91 Å². The number of rotatable bonds is 7. The van der Waals surface area contributed by atoms with Gasteiger partial charge in [0.2, 0.25) is 0 Å². The van der Waals surface area contributed by atoms with E-state index in [1.54, 1.807) is 26.1 Å². The molecule has 6 nitrogen and oxygen atoms in total. The molecule has 0 atom stereocenters. The van der Waals surface area contributed by atoms with Crippen molar-refractivity contribution in [1.82, 2.24) is 9.55 Å². The summed E-state index contributed by atoms with van der Waals surface area (Å²) in [5, 5.41) is 13.3. The second-order valence-electron chi connectivity index (χ2n) is 7.88. The van der Waals surface area contributed by atoms with E-state index in [0.29, 0.717) is 22.7 Å². The molecule has 0 fully saturated rings. The first-order valence-electron chi connectivity index (χ1n) is 10.2. The normalized spacial score (nSPS) is 11.4. The fraction of sp³-hybridized carbons (Fsp3) is 0.160. The van der Waals surface area contributed by atoms with Crippen LogP contribution in [0.4, 0.5) is 5.69 Å². The first-order valence-corrected chi connectivity index (χ1v) is 11.0. The van der Waals surface area contributed by atoms with E-state index in [-0.39, 0.29) is 5.91 Å². The van der Waals surface area contributed by atoms with Crippen molar-refractivity contribution in [3.05, 3.63) is 90.4 Å². The molecule has 2 heterocycles. The second-order valence-corrected chi connectivity index (χ2v) is 9.54. The van der Waals surface area contributed by atoms with E-state index >= 15 is 0 Å². The molecule has 0 aliphatic carbocycles. The number of benzene rings is 2. The maximum Gasteiger partial charge on any atom is 0.319 e. The number of nitrogens with one attached hydrogen (secondary N) is 1. The number of pyridine rings is 1. The number of carboxylic acid groups (broad SMARTS) is 1. The van der Waals surface area contributed by atoms with Gasteiger partial charge in [0.1, 0.15) is 4.75 Å². The van der Waals surface area contributed by atoms with E-state index < -0.39 is 10.7 Å². The zero-order valence-corrected chi connectivity index (χ0v) is 18.6. The lowest BCUT2D eigenvalue weighted by Gasteiger charge is -2.20. The molecule has 0 bridgehead atoms. The SMILES string of the molecule is CC(C)(Sc1ccccc1NC(=O)c1cn(Cc2ccccn2)c2ccccc12)C(=O)O. The monoisotopic (exact) mass is 445 g/mol. The third kappa shape index (κ3) is 4.53. The van der Waals surface area contributed by atoms with E-state index in [2.05, 4.69) is 10.3 Å². The third-order valence-electron chi connectivity index (χ3n) is 5.11. The molecule has 2 aromatic carbocycles. The Labute approximate surface area is 190 Å². The molecule has 0 saturated heterocycles. The summed E-state index contributed by atoms with van der Waals surface area (Å²) in [4.78, 5) is 29.9. The highest BCUT2D eigenvalue weighted by atomic mass is 32.2. The van der Waals surface area contributed by atoms with Gasteiger partial charge in [-0.05, 0) is 44.2 Å². The Morgan fingerprint density at radius 1 is 1.03 bits per heavy atom. The molecule has 4 aromatic rings. The Bertz CT molecular complexity index is 1280. The molecule has 162 valence electrons. The van der Waals surface area contributed by atoms with Gasteiger partial charge in [0, 0.05) is 28.2 Å². The average Bonchev–Trinajstić information content (AvgIpc) is 3.14. The molecule has 7 heteroatoms. The summed E-state index contributed by atoms with van der Waals surface area (Å²) in [5.41, 5.74) is 2.98. The topological polar surface area (TPSA) is 84.2 Å². The molecule has 1 amide bonds. The minimum Gasteiger partial charge on any atom is -0.480 e. The van der Waals surface area contributed by atoms with E-state index in [1.165, 1.54) is 11.8 Å². The van der Waals surface area contributed by atoms with Crippen LogP contribution in [0.3, 0.4) is 0 Å². The lowest BCUT2D eigenvalue weighted by atomic mass is 10.1. The molecular weight excluding hydrogens is 422 g/mol. The number of aliphatic carboxylic acids is 1. The minimum atomic E-state index is -1.03. The number of amides is 1. The van der Waals surface area contributed by atoms with Crippen molar-refractivity contribution < 1.29 is 14.7 Å².